The number of aromatic nitrogens is 5. The molecule has 6 heterocycles. The van der Waals surface area contributed by atoms with Gasteiger partial charge in [0, 0.05) is 31.7 Å². The van der Waals surface area contributed by atoms with Crippen LogP contribution in [0.1, 0.15) is 76.1 Å². The number of hydrogen-bond donors (Lipinski definition) is 4. The Morgan fingerprint density at radius 2 is 1.55 bits per heavy atom. The molecule has 14 nitrogen and oxygen atoms in total. The molecular formula is C41H49N9O5. The van der Waals surface area contributed by atoms with E-state index in [4.69, 9.17) is 30.2 Å². The lowest BCUT2D eigenvalue weighted by atomic mass is 9.91. The molecule has 3 saturated heterocycles. The van der Waals surface area contributed by atoms with Crippen molar-refractivity contribution in [3.63, 3.8) is 0 Å². The Bertz CT molecular complexity index is 2210. The van der Waals surface area contributed by atoms with Gasteiger partial charge in [-0.1, -0.05) is 32.0 Å². The molecule has 3 fully saturated rings. The third-order valence-corrected chi connectivity index (χ3v) is 11.5. The van der Waals surface area contributed by atoms with Crippen LogP contribution in [0.25, 0.3) is 44.5 Å². The van der Waals surface area contributed by atoms with E-state index in [1.807, 2.05) is 41.8 Å². The smallest absolute Gasteiger partial charge is 0.407 e. The number of ether oxygens (including phenoxy) is 2. The van der Waals surface area contributed by atoms with E-state index >= 15 is 0 Å². The van der Waals surface area contributed by atoms with Crippen LogP contribution in [0.4, 0.5) is 4.79 Å². The van der Waals surface area contributed by atoms with Crippen molar-refractivity contribution in [3.05, 3.63) is 66.4 Å². The molecule has 5 N–H and O–H groups in total. The number of imidazole rings is 2. The van der Waals surface area contributed by atoms with Gasteiger partial charge in [0.2, 0.25) is 11.8 Å². The summed E-state index contributed by atoms with van der Waals surface area (Å²) in [5, 5.41) is 3.71. The van der Waals surface area contributed by atoms with Gasteiger partial charge in [0.1, 0.15) is 17.7 Å². The number of fused-ring (bicyclic) bond motifs is 2. The molecule has 0 bridgehead atoms. The molecule has 0 radical (unpaired) electrons. The molecule has 0 unspecified atom stereocenters. The summed E-state index contributed by atoms with van der Waals surface area (Å²) in [5.41, 5.74) is 12.7. The highest BCUT2D eigenvalue weighted by molar-refractivity contribution is 5.89. The van der Waals surface area contributed by atoms with Gasteiger partial charge in [0.25, 0.3) is 0 Å². The third kappa shape index (κ3) is 7.28. The van der Waals surface area contributed by atoms with Crippen LogP contribution in [-0.2, 0) is 19.1 Å². The van der Waals surface area contributed by atoms with Crippen molar-refractivity contribution in [1.82, 2.24) is 40.0 Å². The summed E-state index contributed by atoms with van der Waals surface area (Å²) in [6.07, 6.45) is 6.19. The summed E-state index contributed by atoms with van der Waals surface area (Å²) in [5.74, 6) is 1.40. The number of nitrogens with zero attached hydrogens (tertiary/aromatic N) is 5. The van der Waals surface area contributed by atoms with Crippen molar-refractivity contribution >= 4 is 39.8 Å². The first-order valence-corrected chi connectivity index (χ1v) is 19.4. The number of alkyl carbamates (subject to hydrolysis) is 1. The molecule has 4 atom stereocenters. The van der Waals surface area contributed by atoms with Gasteiger partial charge < -0.3 is 40.3 Å². The van der Waals surface area contributed by atoms with Crippen LogP contribution in [0.15, 0.2) is 54.7 Å². The molecule has 8 rings (SSSR count). The lowest BCUT2D eigenvalue weighted by Crippen LogP contribution is -2.51. The fourth-order valence-corrected chi connectivity index (χ4v) is 8.43. The van der Waals surface area contributed by atoms with E-state index in [-0.39, 0.29) is 35.7 Å². The summed E-state index contributed by atoms with van der Waals surface area (Å²) in [6, 6.07) is 14.9. The largest absolute Gasteiger partial charge is 0.453 e. The number of carbonyl (C=O) groups is 3. The number of pyridine rings is 1. The fourth-order valence-electron chi connectivity index (χ4n) is 8.43. The summed E-state index contributed by atoms with van der Waals surface area (Å²) in [7, 11) is 1.29. The second-order valence-electron chi connectivity index (χ2n) is 15.4. The van der Waals surface area contributed by atoms with E-state index in [9.17, 15) is 14.4 Å². The zero-order valence-corrected chi connectivity index (χ0v) is 31.6. The molecule has 0 saturated carbocycles. The zero-order valence-electron chi connectivity index (χ0n) is 31.6. The van der Waals surface area contributed by atoms with E-state index in [1.54, 1.807) is 6.20 Å². The van der Waals surface area contributed by atoms with Crippen LogP contribution in [0.5, 0.6) is 0 Å². The maximum atomic E-state index is 13.6. The molecule has 3 aliphatic rings. The molecule has 5 aromatic rings. The molecule has 288 valence electrons. The average molecular weight is 748 g/mol. The predicted molar refractivity (Wildman–Crippen MR) is 207 cm³/mol. The van der Waals surface area contributed by atoms with Crippen LogP contribution in [0, 0.1) is 11.8 Å². The zero-order chi connectivity index (χ0) is 38.2. The number of rotatable bonds is 9. The van der Waals surface area contributed by atoms with Crippen molar-refractivity contribution in [2.24, 2.45) is 17.6 Å². The summed E-state index contributed by atoms with van der Waals surface area (Å²) >= 11 is 0. The number of carbonyl (C=O) groups excluding carboxylic acids is 3. The van der Waals surface area contributed by atoms with Gasteiger partial charge in [-0.2, -0.15) is 0 Å². The molecule has 0 spiro atoms. The van der Waals surface area contributed by atoms with Gasteiger partial charge in [-0.05, 0) is 91.8 Å². The van der Waals surface area contributed by atoms with Gasteiger partial charge in [-0.15, -0.1) is 0 Å². The summed E-state index contributed by atoms with van der Waals surface area (Å²) in [6.45, 7) is 6.40. The Hall–Kier alpha value is -5.34. The highest BCUT2D eigenvalue weighted by Gasteiger charge is 2.39. The quantitative estimate of drug-likeness (QED) is 0.148. The monoisotopic (exact) mass is 747 g/mol. The van der Waals surface area contributed by atoms with Crippen molar-refractivity contribution in [1.29, 1.82) is 0 Å². The van der Waals surface area contributed by atoms with E-state index in [0.29, 0.717) is 26.3 Å². The number of H-pyrrole nitrogens is 2. The first-order chi connectivity index (χ1) is 26.7. The number of benzene rings is 2. The minimum Gasteiger partial charge on any atom is -0.453 e. The Morgan fingerprint density at radius 1 is 0.855 bits per heavy atom. The van der Waals surface area contributed by atoms with E-state index in [1.165, 1.54) is 7.11 Å². The lowest BCUT2D eigenvalue weighted by Gasteiger charge is -2.32. The second-order valence-corrected chi connectivity index (χ2v) is 15.4. The van der Waals surface area contributed by atoms with Crippen molar-refractivity contribution in [2.45, 2.75) is 76.5 Å². The van der Waals surface area contributed by atoms with E-state index in [2.05, 4.69) is 45.6 Å². The Balaban J connectivity index is 0.975. The standard InChI is InChI=1S/C41H49N9O5/c1-23(2)36(48-41(53)54-3)40(52)50-17-5-7-34(50)38-45-29-12-9-26(21-31(29)46-38)25-8-11-28-27(20-25)10-13-30(44-28)32-22-43-37(47-32)33-6-4-16-49(33)39(51)35(42)24-14-18-55-19-15-24/h8-13,20-24,33-36H,4-7,14-19,42H2,1-3H3,(H,43,47)(H,45,46)(H,48,53)/t33-,34-,35-,36-/m0/s1. The highest BCUT2D eigenvalue weighted by Crippen LogP contribution is 2.36. The van der Waals surface area contributed by atoms with Gasteiger partial charge in [0.15, 0.2) is 0 Å². The molecule has 14 heteroatoms. The molecule has 3 amide bonds. The minimum atomic E-state index is -0.688. The molecular weight excluding hydrogens is 699 g/mol. The molecule has 2 aromatic carbocycles. The topological polar surface area (TPSA) is 184 Å². The van der Waals surface area contributed by atoms with Crippen LogP contribution >= 0.6 is 0 Å². The lowest BCUT2D eigenvalue weighted by molar-refractivity contribution is -0.136. The average Bonchev–Trinajstić information content (AvgIpc) is 4.05. The van der Waals surface area contributed by atoms with Crippen LogP contribution in [-0.4, -0.2) is 98.1 Å². The molecule has 3 aliphatic heterocycles. The van der Waals surface area contributed by atoms with Crippen LogP contribution in [0.2, 0.25) is 0 Å². The SMILES string of the molecule is COC(=O)N[C@H](C(=O)N1CCC[C@H]1c1nc2ccc(-c3ccc4nc(-c5cnc([C@@H]6CCCN6C(=O)[C@@H](N)C6CCOCC6)[nH]5)ccc4c3)cc2[nH]1)C(C)C. The highest BCUT2D eigenvalue weighted by atomic mass is 16.5. The van der Waals surface area contributed by atoms with E-state index < -0.39 is 18.2 Å². The van der Waals surface area contributed by atoms with Crippen molar-refractivity contribution < 1.29 is 23.9 Å². The Kier molecular flexibility index (Phi) is 10.3. The number of methoxy groups -OCH3 is 1. The molecule has 0 aliphatic carbocycles. The minimum absolute atomic E-state index is 0.00214. The third-order valence-electron chi connectivity index (χ3n) is 11.5. The molecule has 55 heavy (non-hydrogen) atoms. The maximum Gasteiger partial charge on any atom is 0.407 e. The number of aromatic amines is 2. The normalized spacial score (nSPS) is 20.4. The van der Waals surface area contributed by atoms with Gasteiger partial charge in [0.05, 0.1) is 59.4 Å². The van der Waals surface area contributed by atoms with E-state index in [0.717, 1.165) is 94.6 Å². The van der Waals surface area contributed by atoms with Gasteiger partial charge in [-0.25, -0.2) is 19.7 Å². The fraction of sp³-hybridized carbons (Fsp3) is 0.463. The van der Waals surface area contributed by atoms with Crippen molar-refractivity contribution in [3.8, 4) is 22.5 Å². The summed E-state index contributed by atoms with van der Waals surface area (Å²) in [4.78, 5) is 64.3. The second kappa shape index (κ2) is 15.4. The number of nitrogens with one attached hydrogen (secondary N) is 3. The van der Waals surface area contributed by atoms with Crippen molar-refractivity contribution in [2.75, 3.05) is 33.4 Å². The van der Waals surface area contributed by atoms with Gasteiger partial charge in [-0.3, -0.25) is 9.59 Å². The maximum absolute atomic E-state index is 13.6. The van der Waals surface area contributed by atoms with Crippen LogP contribution in [0.3, 0.4) is 0 Å². The Morgan fingerprint density at radius 3 is 2.27 bits per heavy atom. The number of nitrogens with two attached hydrogens (primary N) is 1. The first-order valence-electron chi connectivity index (χ1n) is 19.4. The Labute approximate surface area is 319 Å². The number of hydrogen-bond acceptors (Lipinski definition) is 9. The number of amides is 3. The molecule has 3 aromatic heterocycles. The van der Waals surface area contributed by atoms with Crippen LogP contribution < -0.4 is 11.1 Å². The van der Waals surface area contributed by atoms with Gasteiger partial charge >= 0.3 is 6.09 Å². The summed E-state index contributed by atoms with van der Waals surface area (Å²) < 4.78 is 10.2. The predicted octanol–water partition coefficient (Wildman–Crippen LogP) is 5.63. The number of likely N-dealkylation sites (tertiary alicyclic amines) is 2. The first kappa shape index (κ1) is 36.6.